The fourth-order valence-corrected chi connectivity index (χ4v) is 6.66. The molecule has 3 fully saturated rings. The number of nitrogens with two attached hydrogens (primary N) is 1. The molecule has 9 nitrogen and oxygen atoms in total. The summed E-state index contributed by atoms with van der Waals surface area (Å²) in [6.45, 7) is 0.880. The largest absolute Gasteiger partial charge is 0.396 e. The molecule has 3 aliphatic rings. The lowest BCUT2D eigenvalue weighted by Crippen LogP contribution is -2.49. The second-order valence-corrected chi connectivity index (χ2v) is 12.1. The minimum absolute atomic E-state index is 0.0686. The SMILES string of the molecule is N[C@@H]1CC(=O)N(c2ccc(S(=O)(=O)N3CCN(c4cc(C(F)(F)[C@@H]5C[C@H]5CO)cc(Cl)n4)CC3)cc2)C1. The minimum Gasteiger partial charge on any atom is -0.396 e. The third-order valence-electron chi connectivity index (χ3n) is 7.29. The fourth-order valence-electron chi connectivity index (χ4n) is 5.03. The molecule has 1 aliphatic carbocycles. The first-order valence-corrected chi connectivity index (χ1v) is 13.9. The van der Waals surface area contributed by atoms with Gasteiger partial charge in [0.15, 0.2) is 0 Å². The van der Waals surface area contributed by atoms with Gasteiger partial charge in [0, 0.05) is 69.0 Å². The number of amides is 1. The zero-order chi connectivity index (χ0) is 26.5. The minimum atomic E-state index is -3.80. The summed E-state index contributed by atoms with van der Waals surface area (Å²) in [5, 5.41) is 9.13. The number of benzene rings is 1. The third-order valence-corrected chi connectivity index (χ3v) is 9.40. The summed E-state index contributed by atoms with van der Waals surface area (Å²) in [5.74, 6) is -4.34. The molecule has 1 aromatic carbocycles. The zero-order valence-electron chi connectivity index (χ0n) is 19.9. The van der Waals surface area contributed by atoms with E-state index in [1.807, 2.05) is 0 Å². The Hall–Kier alpha value is -2.38. The molecule has 5 rings (SSSR count). The Bertz CT molecular complexity index is 1290. The third kappa shape index (κ3) is 5.05. The number of piperazine rings is 1. The molecule has 200 valence electrons. The highest BCUT2D eigenvalue weighted by molar-refractivity contribution is 7.89. The van der Waals surface area contributed by atoms with Crippen molar-refractivity contribution >= 4 is 39.0 Å². The molecule has 1 saturated carbocycles. The van der Waals surface area contributed by atoms with Crippen LogP contribution < -0.4 is 15.5 Å². The number of nitrogens with zero attached hydrogens (tertiary/aromatic N) is 4. The molecule has 3 atom stereocenters. The molecule has 13 heteroatoms. The van der Waals surface area contributed by atoms with Gasteiger partial charge in [0.05, 0.1) is 4.90 Å². The Morgan fingerprint density at radius 2 is 1.81 bits per heavy atom. The van der Waals surface area contributed by atoms with Crippen LogP contribution in [0.15, 0.2) is 41.3 Å². The molecule has 3 heterocycles. The van der Waals surface area contributed by atoms with E-state index in [1.165, 1.54) is 22.5 Å². The maximum atomic E-state index is 14.9. The highest BCUT2D eigenvalue weighted by Crippen LogP contribution is 2.54. The average molecular weight is 556 g/mol. The maximum Gasteiger partial charge on any atom is 0.276 e. The molecule has 2 aromatic rings. The topological polar surface area (TPSA) is 120 Å². The van der Waals surface area contributed by atoms with Gasteiger partial charge in [-0.1, -0.05) is 11.6 Å². The lowest BCUT2D eigenvalue weighted by atomic mass is 10.0. The van der Waals surface area contributed by atoms with Crippen LogP contribution in [0.1, 0.15) is 18.4 Å². The first-order valence-electron chi connectivity index (χ1n) is 12.1. The number of aromatic nitrogens is 1. The van der Waals surface area contributed by atoms with Gasteiger partial charge in [0.2, 0.25) is 15.9 Å². The Morgan fingerprint density at radius 1 is 1.14 bits per heavy atom. The maximum absolute atomic E-state index is 14.9. The molecule has 1 amide bonds. The monoisotopic (exact) mass is 555 g/mol. The van der Waals surface area contributed by atoms with Crippen molar-refractivity contribution in [2.75, 3.05) is 49.1 Å². The highest BCUT2D eigenvalue weighted by atomic mass is 35.5. The predicted molar refractivity (Wildman–Crippen MR) is 134 cm³/mol. The number of hydrogen-bond donors (Lipinski definition) is 2. The number of pyridine rings is 1. The number of carbonyl (C=O) groups is 1. The van der Waals surface area contributed by atoms with Crippen LogP contribution in [-0.2, 0) is 20.7 Å². The molecule has 2 saturated heterocycles. The number of carbonyl (C=O) groups excluding carboxylic acids is 1. The lowest BCUT2D eigenvalue weighted by molar-refractivity contribution is -0.117. The van der Waals surface area contributed by atoms with Crippen molar-refractivity contribution in [3.8, 4) is 0 Å². The lowest BCUT2D eigenvalue weighted by Gasteiger charge is -2.35. The zero-order valence-corrected chi connectivity index (χ0v) is 21.5. The number of halogens is 3. The second kappa shape index (κ2) is 9.73. The standard InChI is InChI=1S/C24H28ClF2N5O4S/c25-21-10-16(24(26,27)20-9-15(20)14-33)11-22(29-21)30-5-7-31(8-6-30)37(35,36)19-3-1-18(2-4-19)32-13-17(28)12-23(32)34/h1-4,10-11,15,17,20,33H,5-9,12-14,28H2/t15-,17+,20+/m0/s1. The Labute approximate surface area is 218 Å². The van der Waals surface area contributed by atoms with Crippen LogP contribution in [0, 0.1) is 11.8 Å². The van der Waals surface area contributed by atoms with Crippen molar-refractivity contribution < 1.29 is 27.1 Å². The van der Waals surface area contributed by atoms with E-state index in [2.05, 4.69) is 4.98 Å². The Morgan fingerprint density at radius 3 is 2.38 bits per heavy atom. The summed E-state index contributed by atoms with van der Waals surface area (Å²) >= 11 is 6.07. The highest BCUT2D eigenvalue weighted by Gasteiger charge is 2.55. The number of rotatable bonds is 7. The van der Waals surface area contributed by atoms with Gasteiger partial charge in [-0.05, 0) is 48.7 Å². The van der Waals surface area contributed by atoms with E-state index < -0.39 is 27.8 Å². The first kappa shape index (κ1) is 26.2. The molecule has 0 radical (unpaired) electrons. The predicted octanol–water partition coefficient (Wildman–Crippen LogP) is 2.03. The van der Waals surface area contributed by atoms with E-state index in [-0.39, 0.29) is 79.0 Å². The molecule has 0 bridgehead atoms. The molecule has 0 spiro atoms. The summed E-state index contributed by atoms with van der Waals surface area (Å²) in [6, 6.07) is 8.33. The van der Waals surface area contributed by atoms with E-state index in [9.17, 15) is 27.1 Å². The van der Waals surface area contributed by atoms with E-state index in [1.54, 1.807) is 21.9 Å². The quantitative estimate of drug-likeness (QED) is 0.502. The van der Waals surface area contributed by atoms with Crippen molar-refractivity contribution in [3.63, 3.8) is 0 Å². The van der Waals surface area contributed by atoms with Gasteiger partial charge >= 0.3 is 0 Å². The fraction of sp³-hybridized carbons (Fsp3) is 0.500. The van der Waals surface area contributed by atoms with Crippen molar-refractivity contribution in [2.45, 2.75) is 29.7 Å². The van der Waals surface area contributed by atoms with Crippen LogP contribution in [0.25, 0.3) is 0 Å². The van der Waals surface area contributed by atoms with Crippen molar-refractivity contribution in [1.29, 1.82) is 0 Å². The summed E-state index contributed by atoms with van der Waals surface area (Å²) in [5.41, 5.74) is 6.18. The van der Waals surface area contributed by atoms with Crippen LogP contribution in [0.2, 0.25) is 5.15 Å². The normalized spacial score (nSPS) is 25.1. The number of aliphatic hydroxyl groups is 1. The van der Waals surface area contributed by atoms with E-state index in [0.717, 1.165) is 6.07 Å². The van der Waals surface area contributed by atoms with E-state index >= 15 is 0 Å². The summed E-state index contributed by atoms with van der Waals surface area (Å²) < 4.78 is 57.7. The van der Waals surface area contributed by atoms with Crippen molar-refractivity contribution in [3.05, 3.63) is 47.1 Å². The molecule has 2 aliphatic heterocycles. The Balaban J connectivity index is 1.26. The molecule has 3 N–H and O–H groups in total. The number of hydrogen-bond acceptors (Lipinski definition) is 7. The molecular weight excluding hydrogens is 528 g/mol. The van der Waals surface area contributed by atoms with Gasteiger partial charge in [-0.25, -0.2) is 22.2 Å². The van der Waals surface area contributed by atoms with Gasteiger partial charge in [0.25, 0.3) is 5.92 Å². The van der Waals surface area contributed by atoms with Crippen molar-refractivity contribution in [1.82, 2.24) is 9.29 Å². The van der Waals surface area contributed by atoms with Gasteiger partial charge in [-0.2, -0.15) is 4.31 Å². The van der Waals surface area contributed by atoms with Crippen LogP contribution in [-0.4, -0.2) is 74.1 Å². The molecular formula is C24H28ClF2N5O4S. The smallest absolute Gasteiger partial charge is 0.276 e. The molecule has 1 aromatic heterocycles. The van der Waals surface area contributed by atoms with Gasteiger partial charge in [0.1, 0.15) is 11.0 Å². The van der Waals surface area contributed by atoms with Crippen LogP contribution in [0.5, 0.6) is 0 Å². The summed E-state index contributed by atoms with van der Waals surface area (Å²) in [6.07, 6.45) is 0.507. The molecule has 37 heavy (non-hydrogen) atoms. The molecule has 0 unspecified atom stereocenters. The van der Waals surface area contributed by atoms with Crippen LogP contribution in [0.3, 0.4) is 0 Å². The van der Waals surface area contributed by atoms with Crippen LogP contribution >= 0.6 is 11.6 Å². The van der Waals surface area contributed by atoms with Gasteiger partial charge < -0.3 is 20.6 Å². The van der Waals surface area contributed by atoms with E-state index in [4.69, 9.17) is 17.3 Å². The van der Waals surface area contributed by atoms with Crippen LogP contribution in [0.4, 0.5) is 20.3 Å². The number of anilines is 2. The van der Waals surface area contributed by atoms with Gasteiger partial charge in [-0.15, -0.1) is 0 Å². The van der Waals surface area contributed by atoms with Gasteiger partial charge in [-0.3, -0.25) is 4.79 Å². The van der Waals surface area contributed by atoms with E-state index in [0.29, 0.717) is 12.2 Å². The first-order chi connectivity index (χ1) is 17.5. The number of sulfonamides is 1. The number of aliphatic hydroxyl groups excluding tert-OH is 1. The summed E-state index contributed by atoms with van der Waals surface area (Å²) in [4.78, 5) is 19.6. The average Bonchev–Trinajstić information content (AvgIpc) is 3.61. The second-order valence-electron chi connectivity index (χ2n) is 9.80. The Kier molecular flexibility index (Phi) is 6.90. The summed E-state index contributed by atoms with van der Waals surface area (Å²) in [7, 11) is -3.80. The number of alkyl halides is 2. The van der Waals surface area contributed by atoms with Crippen molar-refractivity contribution in [2.24, 2.45) is 17.6 Å².